The summed E-state index contributed by atoms with van der Waals surface area (Å²) in [6.07, 6.45) is 1.67. The van der Waals surface area contributed by atoms with Gasteiger partial charge in [0.15, 0.2) is 0 Å². The van der Waals surface area contributed by atoms with Crippen LogP contribution in [0.15, 0.2) is 15.5 Å². The van der Waals surface area contributed by atoms with Crippen molar-refractivity contribution in [2.75, 3.05) is 6.54 Å². The van der Waals surface area contributed by atoms with Crippen molar-refractivity contribution in [3.05, 3.63) is 32.3 Å². The standard InChI is InChI=1S/C12H14BrN3O2/c1-4-14-11(17)8-6(2)15-10-9(8)7(13)5-16(3)12(10)18/h5,15H,4H2,1-3H3,(H,14,17). The van der Waals surface area contributed by atoms with Gasteiger partial charge in [-0.05, 0) is 29.8 Å². The second-order valence-electron chi connectivity index (χ2n) is 4.13. The van der Waals surface area contributed by atoms with Gasteiger partial charge in [-0.1, -0.05) is 0 Å². The fraction of sp³-hybridized carbons (Fsp3) is 0.333. The third-order valence-corrected chi connectivity index (χ3v) is 3.43. The van der Waals surface area contributed by atoms with E-state index < -0.39 is 0 Å². The number of amides is 1. The highest BCUT2D eigenvalue weighted by atomic mass is 79.9. The van der Waals surface area contributed by atoms with Crippen molar-refractivity contribution in [2.24, 2.45) is 7.05 Å². The summed E-state index contributed by atoms with van der Waals surface area (Å²) in [7, 11) is 1.68. The Kier molecular flexibility index (Phi) is 3.30. The lowest BCUT2D eigenvalue weighted by atomic mass is 10.1. The van der Waals surface area contributed by atoms with Crippen LogP contribution in [0.1, 0.15) is 23.0 Å². The van der Waals surface area contributed by atoms with Crippen LogP contribution in [-0.4, -0.2) is 22.0 Å². The highest BCUT2D eigenvalue weighted by molar-refractivity contribution is 9.10. The molecule has 0 aromatic carbocycles. The molecule has 0 fully saturated rings. The number of aromatic amines is 1. The molecule has 0 radical (unpaired) electrons. The minimum absolute atomic E-state index is 0.146. The number of fused-ring (bicyclic) bond motifs is 1. The maximum Gasteiger partial charge on any atom is 0.274 e. The van der Waals surface area contributed by atoms with Gasteiger partial charge >= 0.3 is 0 Å². The van der Waals surface area contributed by atoms with Crippen LogP contribution < -0.4 is 10.9 Å². The van der Waals surface area contributed by atoms with Crippen molar-refractivity contribution in [2.45, 2.75) is 13.8 Å². The summed E-state index contributed by atoms with van der Waals surface area (Å²) in [5.74, 6) is -0.171. The number of nitrogens with one attached hydrogen (secondary N) is 2. The molecule has 2 aromatic rings. The number of halogens is 1. The Bertz CT molecular complexity index is 685. The summed E-state index contributed by atoms with van der Waals surface area (Å²) >= 11 is 3.41. The minimum Gasteiger partial charge on any atom is -0.353 e. The zero-order chi connectivity index (χ0) is 13.4. The van der Waals surface area contributed by atoms with Gasteiger partial charge in [0.2, 0.25) is 0 Å². The average molecular weight is 312 g/mol. The number of hydrogen-bond donors (Lipinski definition) is 2. The van der Waals surface area contributed by atoms with Gasteiger partial charge in [0.25, 0.3) is 11.5 Å². The highest BCUT2D eigenvalue weighted by Crippen LogP contribution is 2.27. The number of aryl methyl sites for hydroxylation is 2. The molecule has 0 saturated heterocycles. The lowest BCUT2D eigenvalue weighted by Crippen LogP contribution is -2.23. The molecule has 0 atom stereocenters. The van der Waals surface area contributed by atoms with E-state index in [4.69, 9.17) is 0 Å². The molecule has 2 aromatic heterocycles. The molecule has 2 N–H and O–H groups in total. The maximum atomic E-state index is 12.0. The second-order valence-corrected chi connectivity index (χ2v) is 4.98. The van der Waals surface area contributed by atoms with E-state index in [9.17, 15) is 9.59 Å². The molecular weight excluding hydrogens is 298 g/mol. The van der Waals surface area contributed by atoms with E-state index in [1.54, 1.807) is 20.2 Å². The third kappa shape index (κ3) is 1.86. The lowest BCUT2D eigenvalue weighted by Gasteiger charge is -2.04. The van der Waals surface area contributed by atoms with Crippen LogP contribution in [0.3, 0.4) is 0 Å². The summed E-state index contributed by atoms with van der Waals surface area (Å²) in [6, 6.07) is 0. The SMILES string of the molecule is CCNC(=O)c1c(C)[nH]c2c(=O)n(C)cc(Br)c12. The molecule has 18 heavy (non-hydrogen) atoms. The first-order valence-corrected chi connectivity index (χ1v) is 6.42. The summed E-state index contributed by atoms with van der Waals surface area (Å²) < 4.78 is 2.20. The van der Waals surface area contributed by atoms with Gasteiger partial charge in [0, 0.05) is 35.3 Å². The van der Waals surface area contributed by atoms with E-state index in [1.807, 2.05) is 6.92 Å². The van der Waals surface area contributed by atoms with Gasteiger partial charge in [0.1, 0.15) is 5.52 Å². The topological polar surface area (TPSA) is 66.9 Å². The summed E-state index contributed by atoms with van der Waals surface area (Å²) in [5.41, 5.74) is 1.52. The molecule has 0 aliphatic rings. The fourth-order valence-electron chi connectivity index (χ4n) is 2.03. The van der Waals surface area contributed by atoms with Crippen LogP contribution in [0.2, 0.25) is 0 Å². The normalized spacial score (nSPS) is 10.9. The molecule has 0 aliphatic heterocycles. The Balaban J connectivity index is 2.83. The largest absolute Gasteiger partial charge is 0.353 e. The van der Waals surface area contributed by atoms with Crippen LogP contribution in [0, 0.1) is 6.92 Å². The molecule has 0 unspecified atom stereocenters. The van der Waals surface area contributed by atoms with E-state index in [-0.39, 0.29) is 11.5 Å². The Morgan fingerprint density at radius 1 is 1.56 bits per heavy atom. The number of rotatable bonds is 2. The van der Waals surface area contributed by atoms with Crippen molar-refractivity contribution in [1.29, 1.82) is 0 Å². The number of H-pyrrole nitrogens is 1. The van der Waals surface area contributed by atoms with Crippen molar-refractivity contribution in [3.63, 3.8) is 0 Å². The highest BCUT2D eigenvalue weighted by Gasteiger charge is 2.20. The van der Waals surface area contributed by atoms with Gasteiger partial charge < -0.3 is 14.9 Å². The first-order valence-electron chi connectivity index (χ1n) is 5.63. The summed E-state index contributed by atoms with van der Waals surface area (Å²) in [5, 5.41) is 3.39. The quantitative estimate of drug-likeness (QED) is 0.886. The molecule has 2 heterocycles. The lowest BCUT2D eigenvalue weighted by molar-refractivity contribution is 0.0957. The number of hydrogen-bond acceptors (Lipinski definition) is 2. The van der Waals surface area contributed by atoms with E-state index in [1.165, 1.54) is 4.57 Å². The molecule has 96 valence electrons. The predicted molar refractivity (Wildman–Crippen MR) is 74.0 cm³/mol. The molecule has 0 bridgehead atoms. The van der Waals surface area contributed by atoms with E-state index >= 15 is 0 Å². The monoisotopic (exact) mass is 311 g/mol. The van der Waals surface area contributed by atoms with Crippen LogP contribution >= 0.6 is 15.9 Å². The number of aromatic nitrogens is 2. The van der Waals surface area contributed by atoms with Gasteiger partial charge in [-0.25, -0.2) is 0 Å². The number of nitrogens with zero attached hydrogens (tertiary/aromatic N) is 1. The minimum atomic E-state index is -0.171. The van der Waals surface area contributed by atoms with Crippen LogP contribution in [0.4, 0.5) is 0 Å². The Labute approximate surface area is 112 Å². The first kappa shape index (κ1) is 12.9. The molecule has 5 nitrogen and oxygen atoms in total. The predicted octanol–water partition coefficient (Wildman–Crippen LogP) is 1.69. The second kappa shape index (κ2) is 4.61. The van der Waals surface area contributed by atoms with Gasteiger partial charge in [0.05, 0.1) is 5.56 Å². The van der Waals surface area contributed by atoms with Crippen LogP contribution in [0.5, 0.6) is 0 Å². The maximum absolute atomic E-state index is 12.0. The van der Waals surface area contributed by atoms with Gasteiger partial charge in [-0.3, -0.25) is 9.59 Å². The van der Waals surface area contributed by atoms with Crippen LogP contribution in [0.25, 0.3) is 10.9 Å². The van der Waals surface area contributed by atoms with Crippen molar-refractivity contribution < 1.29 is 4.79 Å². The van der Waals surface area contributed by atoms with Crippen molar-refractivity contribution >= 4 is 32.7 Å². The van der Waals surface area contributed by atoms with Gasteiger partial charge in [-0.2, -0.15) is 0 Å². The first-order chi connectivity index (χ1) is 8.47. The Morgan fingerprint density at radius 3 is 2.83 bits per heavy atom. The summed E-state index contributed by atoms with van der Waals surface area (Å²) in [4.78, 5) is 27.0. The molecule has 1 amide bonds. The van der Waals surface area contributed by atoms with Gasteiger partial charge in [-0.15, -0.1) is 0 Å². The van der Waals surface area contributed by atoms with E-state index in [0.717, 1.165) is 4.47 Å². The van der Waals surface area contributed by atoms with E-state index in [2.05, 4.69) is 26.2 Å². The molecular formula is C12H14BrN3O2. The fourth-order valence-corrected chi connectivity index (χ4v) is 2.73. The van der Waals surface area contributed by atoms with Crippen molar-refractivity contribution in [3.8, 4) is 0 Å². The zero-order valence-electron chi connectivity index (χ0n) is 10.4. The zero-order valence-corrected chi connectivity index (χ0v) is 12.0. The molecule has 6 heteroatoms. The molecule has 2 rings (SSSR count). The Hall–Kier alpha value is -1.56. The number of carbonyl (C=O) groups is 1. The molecule has 0 spiro atoms. The summed E-state index contributed by atoms with van der Waals surface area (Å²) in [6.45, 7) is 4.19. The smallest absolute Gasteiger partial charge is 0.274 e. The van der Waals surface area contributed by atoms with E-state index in [0.29, 0.717) is 28.7 Å². The third-order valence-electron chi connectivity index (χ3n) is 2.83. The Morgan fingerprint density at radius 2 is 2.22 bits per heavy atom. The number of pyridine rings is 1. The number of carbonyl (C=O) groups excluding carboxylic acids is 1. The molecule has 0 saturated carbocycles. The van der Waals surface area contributed by atoms with Crippen molar-refractivity contribution in [1.82, 2.24) is 14.9 Å². The van der Waals surface area contributed by atoms with Crippen LogP contribution in [-0.2, 0) is 7.05 Å². The average Bonchev–Trinajstić information content (AvgIpc) is 2.64. The molecule has 0 aliphatic carbocycles.